The number of imidazole rings is 1. The van der Waals surface area contributed by atoms with E-state index in [0.717, 1.165) is 16.6 Å². The van der Waals surface area contributed by atoms with Crippen molar-refractivity contribution in [3.8, 4) is 0 Å². The first kappa shape index (κ1) is 18.7. The third kappa shape index (κ3) is 3.47. The maximum absolute atomic E-state index is 12.0. The van der Waals surface area contributed by atoms with Crippen LogP contribution in [0.2, 0.25) is 0 Å². The Kier molecular flexibility index (Phi) is 4.58. The highest BCUT2D eigenvalue weighted by Gasteiger charge is 2.31. The number of carbonyl (C=O) groups excluding carboxylic acids is 1. The first-order valence-electron chi connectivity index (χ1n) is 9.40. The SMILES string of the molecule is Cc1ccc2nc(C3=C(O)CN(c4ccc(C(=O)OC(C)C)cc4)C3=N)[nH]c2c1. The van der Waals surface area contributed by atoms with E-state index in [-0.39, 0.29) is 30.2 Å². The maximum atomic E-state index is 12.0. The van der Waals surface area contributed by atoms with Crippen LogP contribution in [-0.2, 0) is 4.74 Å². The van der Waals surface area contributed by atoms with Crippen molar-refractivity contribution in [2.24, 2.45) is 0 Å². The molecule has 1 aromatic heterocycles. The second-order valence-corrected chi connectivity index (χ2v) is 7.36. The molecule has 2 aromatic carbocycles. The lowest BCUT2D eigenvalue weighted by atomic mass is 10.2. The number of aryl methyl sites for hydroxylation is 1. The summed E-state index contributed by atoms with van der Waals surface area (Å²) in [4.78, 5) is 21.4. The first-order valence-corrected chi connectivity index (χ1v) is 9.40. The summed E-state index contributed by atoms with van der Waals surface area (Å²) in [5.74, 6) is 0.305. The van der Waals surface area contributed by atoms with Gasteiger partial charge in [0, 0.05) is 5.69 Å². The molecule has 7 nitrogen and oxygen atoms in total. The van der Waals surface area contributed by atoms with E-state index in [4.69, 9.17) is 10.1 Å². The molecule has 1 aliphatic heterocycles. The Morgan fingerprint density at radius 2 is 1.97 bits per heavy atom. The summed E-state index contributed by atoms with van der Waals surface area (Å²) >= 11 is 0. The first-order chi connectivity index (χ1) is 13.8. The average Bonchev–Trinajstić information content (AvgIpc) is 3.20. The van der Waals surface area contributed by atoms with E-state index >= 15 is 0 Å². The highest BCUT2D eigenvalue weighted by Crippen LogP contribution is 2.31. The Balaban J connectivity index is 1.59. The molecule has 1 aliphatic rings. The number of benzene rings is 2. The summed E-state index contributed by atoms with van der Waals surface area (Å²) in [6, 6.07) is 12.7. The summed E-state index contributed by atoms with van der Waals surface area (Å²) < 4.78 is 5.20. The summed E-state index contributed by atoms with van der Waals surface area (Å²) in [6.07, 6.45) is -0.190. The zero-order chi connectivity index (χ0) is 20.7. The molecule has 0 aliphatic carbocycles. The van der Waals surface area contributed by atoms with Crippen molar-refractivity contribution in [3.63, 3.8) is 0 Å². The normalized spacial score (nSPS) is 14.3. The number of H-pyrrole nitrogens is 1. The number of amidine groups is 1. The van der Waals surface area contributed by atoms with Crippen LogP contribution in [0, 0.1) is 12.3 Å². The fourth-order valence-corrected chi connectivity index (χ4v) is 3.35. The number of aliphatic hydroxyl groups excluding tert-OH is 1. The third-order valence-corrected chi connectivity index (χ3v) is 4.73. The molecule has 0 unspecified atom stereocenters. The fourth-order valence-electron chi connectivity index (χ4n) is 3.35. The van der Waals surface area contributed by atoms with Gasteiger partial charge in [-0.2, -0.15) is 0 Å². The number of hydrogen-bond donors (Lipinski definition) is 3. The monoisotopic (exact) mass is 390 g/mol. The van der Waals surface area contributed by atoms with E-state index < -0.39 is 0 Å². The molecule has 4 rings (SSSR count). The number of ether oxygens (including phenoxy) is 1. The lowest BCUT2D eigenvalue weighted by Crippen LogP contribution is -2.26. The number of aromatic nitrogens is 2. The molecule has 0 atom stereocenters. The zero-order valence-electron chi connectivity index (χ0n) is 16.5. The Hall–Kier alpha value is -3.61. The molecule has 0 fully saturated rings. The molecule has 0 radical (unpaired) electrons. The Bertz CT molecular complexity index is 1140. The molecule has 29 heavy (non-hydrogen) atoms. The van der Waals surface area contributed by atoms with Gasteiger partial charge in [0.1, 0.15) is 17.4 Å². The summed E-state index contributed by atoms with van der Waals surface area (Å²) in [5.41, 5.74) is 4.26. The van der Waals surface area contributed by atoms with Gasteiger partial charge in [0.25, 0.3) is 0 Å². The van der Waals surface area contributed by atoms with Crippen LogP contribution in [0.1, 0.15) is 35.6 Å². The van der Waals surface area contributed by atoms with Gasteiger partial charge in [-0.25, -0.2) is 9.78 Å². The number of anilines is 1. The van der Waals surface area contributed by atoms with Gasteiger partial charge < -0.3 is 19.7 Å². The van der Waals surface area contributed by atoms with Gasteiger partial charge in [-0.05, 0) is 62.7 Å². The van der Waals surface area contributed by atoms with Crippen LogP contribution < -0.4 is 4.90 Å². The van der Waals surface area contributed by atoms with Crippen LogP contribution in [0.15, 0.2) is 48.2 Å². The van der Waals surface area contributed by atoms with Crippen LogP contribution in [0.3, 0.4) is 0 Å². The molecule has 7 heteroatoms. The topological polar surface area (TPSA) is 102 Å². The maximum Gasteiger partial charge on any atom is 0.338 e. The summed E-state index contributed by atoms with van der Waals surface area (Å²) in [5, 5.41) is 19.1. The molecule has 0 spiro atoms. The number of rotatable bonds is 4. The van der Waals surface area contributed by atoms with E-state index in [1.807, 2.05) is 25.1 Å². The smallest absolute Gasteiger partial charge is 0.338 e. The minimum absolute atomic E-state index is 0.0778. The Morgan fingerprint density at radius 1 is 1.24 bits per heavy atom. The molecule has 3 N–H and O–H groups in total. The quantitative estimate of drug-likeness (QED) is 0.579. The number of hydrogen-bond acceptors (Lipinski definition) is 5. The standard InChI is InChI=1S/C22H22N4O3/c1-12(2)29-22(28)14-5-7-15(8-6-14)26-11-18(27)19(20(26)23)21-24-16-9-4-13(3)10-17(16)25-21/h4-10,12,23,27H,11H2,1-3H3,(H,24,25). The minimum Gasteiger partial charge on any atom is -0.509 e. The van der Waals surface area contributed by atoms with Crippen molar-refractivity contribution in [1.82, 2.24) is 9.97 Å². The van der Waals surface area contributed by atoms with E-state index in [2.05, 4.69) is 9.97 Å². The number of nitrogens with one attached hydrogen (secondary N) is 2. The van der Waals surface area contributed by atoms with Gasteiger partial charge in [0.05, 0.1) is 34.8 Å². The molecular formula is C22H22N4O3. The van der Waals surface area contributed by atoms with Gasteiger partial charge in [-0.1, -0.05) is 6.07 Å². The number of aromatic amines is 1. The van der Waals surface area contributed by atoms with Crippen LogP contribution >= 0.6 is 0 Å². The van der Waals surface area contributed by atoms with Crippen molar-refractivity contribution >= 4 is 34.1 Å². The largest absolute Gasteiger partial charge is 0.509 e. The van der Waals surface area contributed by atoms with Crippen molar-refractivity contribution in [3.05, 3.63) is 65.2 Å². The van der Waals surface area contributed by atoms with Crippen LogP contribution in [-0.4, -0.2) is 39.5 Å². The minimum atomic E-state index is -0.387. The molecule has 3 aromatic rings. The molecule has 2 heterocycles. The molecule has 148 valence electrons. The number of nitrogens with zero attached hydrogens (tertiary/aromatic N) is 2. The van der Waals surface area contributed by atoms with Crippen molar-refractivity contribution in [2.45, 2.75) is 26.9 Å². The van der Waals surface area contributed by atoms with Gasteiger partial charge in [0.15, 0.2) is 0 Å². The average molecular weight is 390 g/mol. The van der Waals surface area contributed by atoms with Crippen LogP contribution in [0.25, 0.3) is 16.6 Å². The molecular weight excluding hydrogens is 368 g/mol. The third-order valence-electron chi connectivity index (χ3n) is 4.73. The molecule has 0 saturated heterocycles. The molecule has 0 amide bonds. The molecule has 0 saturated carbocycles. The zero-order valence-corrected chi connectivity index (χ0v) is 16.5. The Labute approximate surface area is 168 Å². The predicted octanol–water partition coefficient (Wildman–Crippen LogP) is 4.20. The van der Waals surface area contributed by atoms with E-state index in [1.54, 1.807) is 43.0 Å². The number of carbonyl (C=O) groups is 1. The van der Waals surface area contributed by atoms with E-state index in [9.17, 15) is 9.90 Å². The number of fused-ring (bicyclic) bond motifs is 1. The van der Waals surface area contributed by atoms with Gasteiger partial charge >= 0.3 is 5.97 Å². The second kappa shape index (κ2) is 7.09. The van der Waals surface area contributed by atoms with Gasteiger partial charge in [-0.3, -0.25) is 5.41 Å². The van der Waals surface area contributed by atoms with E-state index in [0.29, 0.717) is 22.6 Å². The second-order valence-electron chi connectivity index (χ2n) is 7.36. The fraction of sp³-hybridized carbons (Fsp3) is 0.227. The van der Waals surface area contributed by atoms with Crippen LogP contribution in [0.4, 0.5) is 5.69 Å². The predicted molar refractivity (Wildman–Crippen MR) is 112 cm³/mol. The number of aliphatic hydroxyl groups is 1. The van der Waals surface area contributed by atoms with Gasteiger partial charge in [-0.15, -0.1) is 0 Å². The summed E-state index contributed by atoms with van der Waals surface area (Å²) in [6.45, 7) is 5.76. The number of esters is 1. The van der Waals surface area contributed by atoms with Crippen LogP contribution in [0.5, 0.6) is 0 Å². The summed E-state index contributed by atoms with van der Waals surface area (Å²) in [7, 11) is 0. The van der Waals surface area contributed by atoms with Crippen molar-refractivity contribution < 1.29 is 14.6 Å². The van der Waals surface area contributed by atoms with Crippen molar-refractivity contribution in [1.29, 1.82) is 5.41 Å². The highest BCUT2D eigenvalue weighted by atomic mass is 16.5. The van der Waals surface area contributed by atoms with Gasteiger partial charge in [0.2, 0.25) is 0 Å². The Morgan fingerprint density at radius 3 is 2.66 bits per heavy atom. The van der Waals surface area contributed by atoms with Crippen molar-refractivity contribution in [2.75, 3.05) is 11.4 Å². The lowest BCUT2D eigenvalue weighted by molar-refractivity contribution is 0.0378. The lowest BCUT2D eigenvalue weighted by Gasteiger charge is -2.19. The molecule has 0 bridgehead atoms. The highest BCUT2D eigenvalue weighted by molar-refractivity contribution is 6.30. The van der Waals surface area contributed by atoms with E-state index in [1.165, 1.54) is 0 Å².